The van der Waals surface area contributed by atoms with Gasteiger partial charge in [0.1, 0.15) is 5.75 Å². The van der Waals surface area contributed by atoms with Gasteiger partial charge in [0.05, 0.1) is 6.61 Å². The molecule has 0 aliphatic rings. The number of ether oxygens (including phenoxy) is 2. The number of hydrogen-bond donors (Lipinski definition) is 1. The second-order valence-electron chi connectivity index (χ2n) is 4.42. The van der Waals surface area contributed by atoms with Crippen molar-refractivity contribution in [1.82, 2.24) is 0 Å². The van der Waals surface area contributed by atoms with Crippen molar-refractivity contribution in [1.29, 1.82) is 0 Å². The number of hydrogen-bond acceptors (Lipinski definition) is 3. The van der Waals surface area contributed by atoms with E-state index >= 15 is 0 Å². The van der Waals surface area contributed by atoms with E-state index in [1.54, 1.807) is 0 Å². The van der Waals surface area contributed by atoms with E-state index in [1.165, 1.54) is 5.56 Å². The highest BCUT2D eigenvalue weighted by atomic mass is 16.5. The smallest absolute Gasteiger partial charge is 0.119 e. The lowest BCUT2D eigenvalue weighted by atomic mass is 10.0. The highest BCUT2D eigenvalue weighted by molar-refractivity contribution is 5.27. The summed E-state index contributed by atoms with van der Waals surface area (Å²) in [4.78, 5) is 0. The molecule has 18 heavy (non-hydrogen) atoms. The minimum absolute atomic E-state index is 0.253. The molecule has 0 amide bonds. The van der Waals surface area contributed by atoms with E-state index in [-0.39, 0.29) is 6.04 Å². The summed E-state index contributed by atoms with van der Waals surface area (Å²) in [6.07, 6.45) is 2.87. The monoisotopic (exact) mass is 251 g/mol. The zero-order valence-electron chi connectivity index (χ0n) is 11.5. The molecule has 0 aliphatic heterocycles. The molecule has 1 aromatic carbocycles. The van der Waals surface area contributed by atoms with Crippen molar-refractivity contribution >= 4 is 0 Å². The van der Waals surface area contributed by atoms with Gasteiger partial charge in [-0.1, -0.05) is 19.1 Å². The largest absolute Gasteiger partial charge is 0.494 e. The average Bonchev–Trinajstić information content (AvgIpc) is 2.40. The third-order valence-corrected chi connectivity index (χ3v) is 2.85. The number of nitrogens with two attached hydrogens (primary N) is 1. The lowest BCUT2D eigenvalue weighted by Crippen LogP contribution is -2.21. The van der Waals surface area contributed by atoms with Gasteiger partial charge < -0.3 is 15.2 Å². The Morgan fingerprint density at radius 3 is 2.44 bits per heavy atom. The van der Waals surface area contributed by atoms with Crippen molar-refractivity contribution < 1.29 is 9.47 Å². The van der Waals surface area contributed by atoms with E-state index in [0.717, 1.165) is 38.2 Å². The third kappa shape index (κ3) is 6.03. The summed E-state index contributed by atoms with van der Waals surface area (Å²) in [5.41, 5.74) is 7.19. The van der Waals surface area contributed by atoms with Gasteiger partial charge in [0.25, 0.3) is 0 Å². The Hall–Kier alpha value is -1.06. The van der Waals surface area contributed by atoms with Crippen LogP contribution in [0.5, 0.6) is 5.75 Å². The standard InChI is InChI=1S/C15H25NO2/c1-3-14(16)12-13-6-8-15(9-7-13)18-11-5-10-17-4-2/h6-9,14H,3-5,10-12,16H2,1-2H3. The summed E-state index contributed by atoms with van der Waals surface area (Å²) in [6.45, 7) is 6.35. The van der Waals surface area contributed by atoms with E-state index in [4.69, 9.17) is 15.2 Å². The maximum absolute atomic E-state index is 5.92. The van der Waals surface area contributed by atoms with E-state index in [1.807, 2.05) is 19.1 Å². The zero-order valence-corrected chi connectivity index (χ0v) is 11.5. The highest BCUT2D eigenvalue weighted by Gasteiger charge is 2.01. The predicted octanol–water partition coefficient (Wildman–Crippen LogP) is 2.77. The van der Waals surface area contributed by atoms with Gasteiger partial charge in [-0.2, -0.15) is 0 Å². The first kappa shape index (κ1) is 15.0. The van der Waals surface area contributed by atoms with Crippen molar-refractivity contribution in [2.45, 2.75) is 39.2 Å². The molecular formula is C15H25NO2. The van der Waals surface area contributed by atoms with Crippen molar-refractivity contribution in [3.63, 3.8) is 0 Å². The lowest BCUT2D eigenvalue weighted by molar-refractivity contribution is 0.131. The summed E-state index contributed by atoms with van der Waals surface area (Å²) in [5, 5.41) is 0. The van der Waals surface area contributed by atoms with Crippen molar-refractivity contribution in [2.75, 3.05) is 19.8 Å². The van der Waals surface area contributed by atoms with Crippen LogP contribution < -0.4 is 10.5 Å². The minimum Gasteiger partial charge on any atom is -0.494 e. The molecule has 0 spiro atoms. The molecule has 0 radical (unpaired) electrons. The molecule has 0 saturated heterocycles. The molecule has 0 aromatic heterocycles. The molecule has 102 valence electrons. The molecule has 0 bridgehead atoms. The van der Waals surface area contributed by atoms with E-state index in [9.17, 15) is 0 Å². The summed E-state index contributed by atoms with van der Waals surface area (Å²) in [5.74, 6) is 0.917. The van der Waals surface area contributed by atoms with Crippen LogP contribution in [-0.4, -0.2) is 25.9 Å². The predicted molar refractivity (Wildman–Crippen MR) is 75.0 cm³/mol. The molecule has 1 aromatic rings. The van der Waals surface area contributed by atoms with Crippen molar-refractivity contribution in [3.05, 3.63) is 29.8 Å². The summed E-state index contributed by atoms with van der Waals surface area (Å²) < 4.78 is 10.9. The summed E-state index contributed by atoms with van der Waals surface area (Å²) in [6, 6.07) is 8.46. The second-order valence-corrected chi connectivity index (χ2v) is 4.42. The molecule has 0 saturated carbocycles. The molecule has 0 fully saturated rings. The van der Waals surface area contributed by atoms with Gasteiger partial charge in [-0.25, -0.2) is 0 Å². The molecule has 3 heteroatoms. The molecule has 2 N–H and O–H groups in total. The second kappa shape index (κ2) is 8.95. The summed E-state index contributed by atoms with van der Waals surface area (Å²) in [7, 11) is 0. The summed E-state index contributed by atoms with van der Waals surface area (Å²) >= 11 is 0. The SMILES string of the molecule is CCOCCCOc1ccc(CC(N)CC)cc1. The van der Waals surface area contributed by atoms with Crippen molar-refractivity contribution in [2.24, 2.45) is 5.73 Å². The fourth-order valence-corrected chi connectivity index (χ4v) is 1.66. The van der Waals surface area contributed by atoms with Crippen LogP contribution >= 0.6 is 0 Å². The first-order valence-electron chi connectivity index (χ1n) is 6.81. The van der Waals surface area contributed by atoms with Crippen LogP contribution in [0.15, 0.2) is 24.3 Å². The topological polar surface area (TPSA) is 44.5 Å². The van der Waals surface area contributed by atoms with Crippen LogP contribution in [0.3, 0.4) is 0 Å². The highest BCUT2D eigenvalue weighted by Crippen LogP contribution is 2.13. The van der Waals surface area contributed by atoms with Crippen LogP contribution in [0, 0.1) is 0 Å². The quantitative estimate of drug-likeness (QED) is 0.686. The number of benzene rings is 1. The molecule has 1 rings (SSSR count). The normalized spacial score (nSPS) is 12.4. The van der Waals surface area contributed by atoms with Gasteiger partial charge in [0.15, 0.2) is 0 Å². The lowest BCUT2D eigenvalue weighted by Gasteiger charge is -2.10. The van der Waals surface area contributed by atoms with E-state index in [0.29, 0.717) is 6.61 Å². The average molecular weight is 251 g/mol. The van der Waals surface area contributed by atoms with Gasteiger partial charge in [-0.3, -0.25) is 0 Å². The maximum atomic E-state index is 5.92. The number of rotatable bonds is 9. The molecule has 0 aliphatic carbocycles. The maximum Gasteiger partial charge on any atom is 0.119 e. The Morgan fingerprint density at radius 2 is 1.83 bits per heavy atom. The Kier molecular flexibility index (Phi) is 7.46. The Bertz CT molecular complexity index is 311. The van der Waals surface area contributed by atoms with Crippen LogP contribution in [0.25, 0.3) is 0 Å². The zero-order chi connectivity index (χ0) is 13.2. The molecule has 1 atom stereocenters. The van der Waals surface area contributed by atoms with Crippen LogP contribution in [0.4, 0.5) is 0 Å². The fraction of sp³-hybridized carbons (Fsp3) is 0.600. The van der Waals surface area contributed by atoms with Gasteiger partial charge >= 0.3 is 0 Å². The minimum atomic E-state index is 0.253. The fourth-order valence-electron chi connectivity index (χ4n) is 1.66. The molecular weight excluding hydrogens is 226 g/mol. The third-order valence-electron chi connectivity index (χ3n) is 2.85. The first-order chi connectivity index (χ1) is 8.76. The molecule has 3 nitrogen and oxygen atoms in total. The van der Waals surface area contributed by atoms with Crippen LogP contribution in [-0.2, 0) is 11.2 Å². The molecule has 1 unspecified atom stereocenters. The first-order valence-corrected chi connectivity index (χ1v) is 6.81. The Morgan fingerprint density at radius 1 is 1.11 bits per heavy atom. The van der Waals surface area contributed by atoms with Gasteiger partial charge in [-0.05, 0) is 37.5 Å². The molecule has 0 heterocycles. The van der Waals surface area contributed by atoms with Crippen molar-refractivity contribution in [3.8, 4) is 5.75 Å². The van der Waals surface area contributed by atoms with E-state index < -0.39 is 0 Å². The van der Waals surface area contributed by atoms with Gasteiger partial charge in [0, 0.05) is 25.7 Å². The Labute approximate surface area is 110 Å². The van der Waals surface area contributed by atoms with Gasteiger partial charge in [-0.15, -0.1) is 0 Å². The van der Waals surface area contributed by atoms with Crippen LogP contribution in [0.2, 0.25) is 0 Å². The van der Waals surface area contributed by atoms with E-state index in [2.05, 4.69) is 19.1 Å². The van der Waals surface area contributed by atoms with Gasteiger partial charge in [0.2, 0.25) is 0 Å². The Balaban J connectivity index is 2.27. The van der Waals surface area contributed by atoms with Crippen LogP contribution in [0.1, 0.15) is 32.3 Å².